The summed E-state index contributed by atoms with van der Waals surface area (Å²) >= 11 is 6.11. The molecule has 0 saturated carbocycles. The standard InChI is InChI=1S/C20H19ClN2O8S/c21-17-4-3-13(9-18(17)32(27,28)22-5-1-2-6-22)20(24)30-11-15-8-16(23(25)26)7-14-10-29-12-31-19(14)15/h3-4,7-9H,1-2,5-6,10-12H2. The number of nitro benzene ring substituents is 1. The second kappa shape index (κ2) is 9.02. The van der Waals surface area contributed by atoms with E-state index in [0.29, 0.717) is 30.0 Å². The fraction of sp³-hybridized carbons (Fsp3) is 0.350. The van der Waals surface area contributed by atoms with Crippen LogP contribution in [-0.2, 0) is 32.7 Å². The predicted molar refractivity (Wildman–Crippen MR) is 112 cm³/mol. The van der Waals surface area contributed by atoms with Gasteiger partial charge in [0.1, 0.15) is 17.3 Å². The minimum Gasteiger partial charge on any atom is -0.467 e. The zero-order chi connectivity index (χ0) is 22.9. The van der Waals surface area contributed by atoms with Gasteiger partial charge in [0.2, 0.25) is 10.0 Å². The van der Waals surface area contributed by atoms with Crippen molar-refractivity contribution < 1.29 is 32.3 Å². The summed E-state index contributed by atoms with van der Waals surface area (Å²) in [4.78, 5) is 23.1. The molecule has 0 amide bonds. The maximum atomic E-state index is 12.9. The number of hydrogen-bond donors (Lipinski definition) is 0. The van der Waals surface area contributed by atoms with Gasteiger partial charge in [0.05, 0.1) is 22.1 Å². The lowest BCUT2D eigenvalue weighted by Crippen LogP contribution is -2.28. The summed E-state index contributed by atoms with van der Waals surface area (Å²) in [5.74, 6) is -0.435. The number of nitro groups is 1. The van der Waals surface area contributed by atoms with Crippen LogP contribution in [0.25, 0.3) is 0 Å². The van der Waals surface area contributed by atoms with Crippen LogP contribution >= 0.6 is 11.6 Å². The lowest BCUT2D eigenvalue weighted by atomic mass is 10.1. The van der Waals surface area contributed by atoms with Crippen LogP contribution in [0.15, 0.2) is 35.2 Å². The molecule has 4 rings (SSSR count). The Morgan fingerprint density at radius 2 is 1.97 bits per heavy atom. The lowest BCUT2D eigenvalue weighted by molar-refractivity contribution is -0.385. The molecule has 12 heteroatoms. The molecule has 2 heterocycles. The van der Waals surface area contributed by atoms with Crippen molar-refractivity contribution in [2.24, 2.45) is 0 Å². The third-order valence-corrected chi connectivity index (χ3v) is 7.57. The fourth-order valence-corrected chi connectivity index (χ4v) is 5.63. The van der Waals surface area contributed by atoms with Gasteiger partial charge in [-0.3, -0.25) is 10.1 Å². The number of non-ortho nitro benzene ring substituents is 1. The minimum absolute atomic E-state index is 0.00396. The highest BCUT2D eigenvalue weighted by molar-refractivity contribution is 7.89. The maximum absolute atomic E-state index is 12.9. The van der Waals surface area contributed by atoms with Gasteiger partial charge in [0, 0.05) is 36.3 Å². The van der Waals surface area contributed by atoms with Crippen LogP contribution in [0.1, 0.15) is 34.3 Å². The van der Waals surface area contributed by atoms with Gasteiger partial charge in [-0.05, 0) is 31.0 Å². The first-order chi connectivity index (χ1) is 15.3. The van der Waals surface area contributed by atoms with E-state index in [0.717, 1.165) is 12.8 Å². The summed E-state index contributed by atoms with van der Waals surface area (Å²) in [6, 6.07) is 6.49. The number of ether oxygens (including phenoxy) is 3. The van der Waals surface area contributed by atoms with Gasteiger partial charge in [-0.15, -0.1) is 0 Å². The molecule has 1 fully saturated rings. The maximum Gasteiger partial charge on any atom is 0.338 e. The van der Waals surface area contributed by atoms with Crippen LogP contribution in [0.5, 0.6) is 5.75 Å². The second-order valence-electron chi connectivity index (χ2n) is 7.29. The quantitative estimate of drug-likeness (QED) is 0.349. The number of carbonyl (C=O) groups excluding carboxylic acids is 1. The Morgan fingerprint density at radius 1 is 1.22 bits per heavy atom. The Labute approximate surface area is 188 Å². The monoisotopic (exact) mass is 482 g/mol. The van der Waals surface area contributed by atoms with Gasteiger partial charge in [0.25, 0.3) is 5.69 Å². The molecular formula is C20H19ClN2O8S. The highest BCUT2D eigenvalue weighted by atomic mass is 35.5. The van der Waals surface area contributed by atoms with Crippen molar-refractivity contribution in [3.8, 4) is 5.75 Å². The van der Waals surface area contributed by atoms with Gasteiger partial charge in [-0.1, -0.05) is 11.6 Å². The van der Waals surface area contributed by atoms with E-state index in [2.05, 4.69) is 0 Å². The normalized spacial score (nSPS) is 16.3. The smallest absolute Gasteiger partial charge is 0.338 e. The first-order valence-corrected chi connectivity index (χ1v) is 11.6. The van der Waals surface area contributed by atoms with Crippen molar-refractivity contribution >= 4 is 33.3 Å². The lowest BCUT2D eigenvalue weighted by Gasteiger charge is -2.20. The third kappa shape index (κ3) is 4.42. The molecule has 0 N–H and O–H groups in total. The van der Waals surface area contributed by atoms with Crippen molar-refractivity contribution in [2.45, 2.75) is 31.0 Å². The third-order valence-electron chi connectivity index (χ3n) is 5.19. The molecule has 0 aromatic heterocycles. The van der Waals surface area contributed by atoms with Crippen molar-refractivity contribution in [2.75, 3.05) is 19.9 Å². The van der Waals surface area contributed by atoms with Crippen LogP contribution in [0.4, 0.5) is 5.69 Å². The first kappa shape index (κ1) is 22.5. The van der Waals surface area contributed by atoms with Gasteiger partial charge < -0.3 is 14.2 Å². The van der Waals surface area contributed by atoms with Crippen molar-refractivity contribution in [1.29, 1.82) is 0 Å². The Balaban J connectivity index is 1.57. The molecule has 10 nitrogen and oxygen atoms in total. The summed E-state index contributed by atoms with van der Waals surface area (Å²) in [5, 5.41) is 11.2. The van der Waals surface area contributed by atoms with E-state index in [-0.39, 0.29) is 41.2 Å². The fourth-order valence-electron chi connectivity index (χ4n) is 3.62. The molecule has 0 spiro atoms. The molecule has 0 bridgehead atoms. The number of fused-ring (bicyclic) bond motifs is 1. The molecule has 0 atom stereocenters. The molecule has 2 aliphatic rings. The van der Waals surface area contributed by atoms with Gasteiger partial charge >= 0.3 is 5.97 Å². The van der Waals surface area contributed by atoms with E-state index >= 15 is 0 Å². The van der Waals surface area contributed by atoms with Crippen LogP contribution < -0.4 is 4.74 Å². The van der Waals surface area contributed by atoms with Crippen LogP contribution in [0, 0.1) is 10.1 Å². The van der Waals surface area contributed by atoms with E-state index < -0.39 is 20.9 Å². The molecule has 2 aromatic carbocycles. The van der Waals surface area contributed by atoms with Crippen LogP contribution in [0.2, 0.25) is 5.02 Å². The minimum atomic E-state index is -3.83. The molecule has 1 saturated heterocycles. The van der Waals surface area contributed by atoms with Crippen LogP contribution in [0.3, 0.4) is 0 Å². The largest absolute Gasteiger partial charge is 0.467 e. The number of carbonyl (C=O) groups is 1. The predicted octanol–water partition coefficient (Wildman–Crippen LogP) is 3.26. The van der Waals surface area contributed by atoms with Crippen LogP contribution in [-0.4, -0.2) is 43.5 Å². The van der Waals surface area contributed by atoms with Crippen molar-refractivity contribution in [1.82, 2.24) is 4.31 Å². The Bertz CT molecular complexity index is 1180. The molecule has 0 unspecified atom stereocenters. The van der Waals surface area contributed by atoms with E-state index in [1.165, 1.54) is 34.6 Å². The van der Waals surface area contributed by atoms with E-state index in [9.17, 15) is 23.3 Å². The molecular weight excluding hydrogens is 464 g/mol. The summed E-state index contributed by atoms with van der Waals surface area (Å²) in [5.41, 5.74) is 0.594. The second-order valence-corrected chi connectivity index (χ2v) is 9.61. The van der Waals surface area contributed by atoms with E-state index in [1.54, 1.807) is 0 Å². The molecule has 0 radical (unpaired) electrons. The average Bonchev–Trinajstić information content (AvgIpc) is 3.33. The van der Waals surface area contributed by atoms with E-state index in [4.69, 9.17) is 25.8 Å². The zero-order valence-corrected chi connectivity index (χ0v) is 18.4. The highest BCUT2D eigenvalue weighted by Gasteiger charge is 2.30. The van der Waals surface area contributed by atoms with Gasteiger partial charge in [-0.2, -0.15) is 4.31 Å². The molecule has 170 valence electrons. The number of rotatable bonds is 6. The number of benzene rings is 2. The molecule has 0 aliphatic carbocycles. The molecule has 2 aromatic rings. The summed E-state index contributed by atoms with van der Waals surface area (Å²) in [6.45, 7) is 0.594. The van der Waals surface area contributed by atoms with Crippen molar-refractivity contribution in [3.05, 3.63) is 62.2 Å². The molecule has 2 aliphatic heterocycles. The topological polar surface area (TPSA) is 125 Å². The summed E-state index contributed by atoms with van der Waals surface area (Å²) in [6.07, 6.45) is 1.53. The Kier molecular flexibility index (Phi) is 6.33. The summed E-state index contributed by atoms with van der Waals surface area (Å²) in [7, 11) is -3.83. The highest BCUT2D eigenvalue weighted by Crippen LogP contribution is 2.33. The number of sulfonamides is 1. The van der Waals surface area contributed by atoms with Crippen molar-refractivity contribution in [3.63, 3.8) is 0 Å². The van der Waals surface area contributed by atoms with E-state index in [1.807, 2.05) is 0 Å². The number of nitrogens with zero attached hydrogens (tertiary/aromatic N) is 2. The summed E-state index contributed by atoms with van der Waals surface area (Å²) < 4.78 is 43.0. The first-order valence-electron chi connectivity index (χ1n) is 9.75. The SMILES string of the molecule is O=C(OCc1cc([N+](=O)[O-])cc2c1OCOC2)c1ccc(Cl)c(S(=O)(=O)N2CCCC2)c1. The molecule has 32 heavy (non-hydrogen) atoms. The Hall–Kier alpha value is -2.73. The average molecular weight is 483 g/mol. The zero-order valence-electron chi connectivity index (χ0n) is 16.8. The Morgan fingerprint density at radius 3 is 2.69 bits per heavy atom. The number of hydrogen-bond acceptors (Lipinski definition) is 8. The van der Waals surface area contributed by atoms with Gasteiger partial charge in [-0.25, -0.2) is 13.2 Å². The van der Waals surface area contributed by atoms with Gasteiger partial charge in [0.15, 0.2) is 6.79 Å². The number of esters is 1. The number of halogens is 1.